The van der Waals surface area contributed by atoms with E-state index < -0.39 is 10.8 Å². The average Bonchev–Trinajstić information content (AvgIpc) is 3.25. The van der Waals surface area contributed by atoms with Crippen molar-refractivity contribution in [3.05, 3.63) is 43.5 Å². The Morgan fingerprint density at radius 3 is 2.64 bits per heavy atom. The highest BCUT2D eigenvalue weighted by molar-refractivity contribution is 8.01. The van der Waals surface area contributed by atoms with Gasteiger partial charge in [0, 0.05) is 44.5 Å². The number of halogens is 2. The molecule has 3 heterocycles. The van der Waals surface area contributed by atoms with E-state index in [1.807, 2.05) is 0 Å². The summed E-state index contributed by atoms with van der Waals surface area (Å²) in [7, 11) is 0. The van der Waals surface area contributed by atoms with Gasteiger partial charge >= 0.3 is 0 Å². The Balaban J connectivity index is 1.80. The van der Waals surface area contributed by atoms with Crippen molar-refractivity contribution in [2.75, 3.05) is 13.1 Å². The SMILES string of the molecule is CC(=O)N1CCC(NC(=O)c2cc([N+](=O)[O-])c(Sc3c(Cl)cncc3Cl)s2)C1. The third kappa shape index (κ3) is 4.57. The van der Waals surface area contributed by atoms with Gasteiger partial charge in [0.15, 0.2) is 0 Å². The molecule has 3 rings (SSSR count). The fraction of sp³-hybridized carbons (Fsp3) is 0.312. The summed E-state index contributed by atoms with van der Waals surface area (Å²) >= 11 is 14.2. The lowest BCUT2D eigenvalue weighted by Gasteiger charge is -2.14. The third-order valence-corrected chi connectivity index (χ3v) is 7.33. The Bertz CT molecular complexity index is 932. The summed E-state index contributed by atoms with van der Waals surface area (Å²) in [5.41, 5.74) is -0.194. The first-order valence-corrected chi connectivity index (χ1v) is 10.5. The molecule has 1 unspecified atom stereocenters. The highest BCUT2D eigenvalue weighted by Crippen LogP contribution is 2.45. The number of amides is 2. The molecule has 0 aliphatic carbocycles. The first-order chi connectivity index (χ1) is 13.3. The summed E-state index contributed by atoms with van der Waals surface area (Å²) in [6, 6.07) is 1.06. The number of pyridine rings is 1. The molecule has 148 valence electrons. The van der Waals surface area contributed by atoms with Gasteiger partial charge < -0.3 is 10.2 Å². The van der Waals surface area contributed by atoms with Crippen LogP contribution in [0, 0.1) is 10.1 Å². The number of likely N-dealkylation sites (tertiary alicyclic amines) is 1. The molecule has 8 nitrogen and oxygen atoms in total. The number of thiophene rings is 1. The lowest BCUT2D eigenvalue weighted by molar-refractivity contribution is -0.387. The van der Waals surface area contributed by atoms with Crippen molar-refractivity contribution in [2.45, 2.75) is 28.5 Å². The number of nitrogens with zero attached hydrogens (tertiary/aromatic N) is 3. The molecule has 1 aliphatic heterocycles. The minimum Gasteiger partial charge on any atom is -0.347 e. The third-order valence-electron chi connectivity index (χ3n) is 4.07. The Hall–Kier alpha value is -1.88. The molecule has 0 bridgehead atoms. The van der Waals surface area contributed by atoms with Crippen LogP contribution in [0.4, 0.5) is 5.69 Å². The van der Waals surface area contributed by atoms with Gasteiger partial charge in [-0.2, -0.15) is 0 Å². The van der Waals surface area contributed by atoms with Crippen LogP contribution in [0.1, 0.15) is 23.0 Å². The first-order valence-electron chi connectivity index (χ1n) is 8.07. The van der Waals surface area contributed by atoms with Crippen LogP contribution in [0.3, 0.4) is 0 Å². The second-order valence-electron chi connectivity index (χ2n) is 6.00. The number of nitrogens with one attached hydrogen (secondary N) is 1. The van der Waals surface area contributed by atoms with E-state index in [0.29, 0.717) is 28.6 Å². The molecule has 0 saturated carbocycles. The maximum absolute atomic E-state index is 12.6. The smallest absolute Gasteiger partial charge is 0.294 e. The molecular formula is C16H14Cl2N4O4S2. The number of rotatable bonds is 5. The van der Waals surface area contributed by atoms with E-state index in [1.165, 1.54) is 25.4 Å². The van der Waals surface area contributed by atoms with E-state index in [0.717, 1.165) is 23.1 Å². The van der Waals surface area contributed by atoms with E-state index in [4.69, 9.17) is 23.2 Å². The summed E-state index contributed by atoms with van der Waals surface area (Å²) in [6.45, 7) is 2.48. The van der Waals surface area contributed by atoms with Gasteiger partial charge in [0.2, 0.25) is 5.91 Å². The fourth-order valence-corrected chi connectivity index (χ4v) is 5.45. The lowest BCUT2D eigenvalue weighted by Crippen LogP contribution is -2.37. The van der Waals surface area contributed by atoms with Crippen molar-refractivity contribution in [3.63, 3.8) is 0 Å². The predicted molar refractivity (Wildman–Crippen MR) is 107 cm³/mol. The Kier molecular flexibility index (Phi) is 6.43. The van der Waals surface area contributed by atoms with Crippen LogP contribution in [0.15, 0.2) is 27.6 Å². The molecule has 1 fully saturated rings. The topological polar surface area (TPSA) is 105 Å². The molecular weight excluding hydrogens is 447 g/mol. The number of nitro groups is 1. The maximum Gasteiger partial charge on any atom is 0.294 e. The van der Waals surface area contributed by atoms with Gasteiger partial charge in [-0.15, -0.1) is 11.3 Å². The molecule has 2 amide bonds. The van der Waals surface area contributed by atoms with E-state index in [-0.39, 0.29) is 32.6 Å². The second kappa shape index (κ2) is 8.64. The highest BCUT2D eigenvalue weighted by Gasteiger charge is 2.29. The Labute approximate surface area is 178 Å². The summed E-state index contributed by atoms with van der Waals surface area (Å²) < 4.78 is 0.293. The molecule has 0 spiro atoms. The van der Waals surface area contributed by atoms with E-state index in [9.17, 15) is 19.7 Å². The zero-order valence-corrected chi connectivity index (χ0v) is 17.6. The fourth-order valence-electron chi connectivity index (χ4n) is 2.69. The van der Waals surface area contributed by atoms with Crippen molar-refractivity contribution in [1.29, 1.82) is 0 Å². The maximum atomic E-state index is 12.6. The molecule has 28 heavy (non-hydrogen) atoms. The zero-order valence-electron chi connectivity index (χ0n) is 14.5. The lowest BCUT2D eigenvalue weighted by atomic mass is 10.2. The summed E-state index contributed by atoms with van der Waals surface area (Å²) in [5, 5.41) is 14.8. The first kappa shape index (κ1) is 20.8. The van der Waals surface area contributed by atoms with Crippen LogP contribution in [0.5, 0.6) is 0 Å². The van der Waals surface area contributed by atoms with Gasteiger partial charge in [-0.05, 0) is 6.42 Å². The van der Waals surface area contributed by atoms with Crippen molar-refractivity contribution in [3.8, 4) is 0 Å². The van der Waals surface area contributed by atoms with Crippen LogP contribution >= 0.6 is 46.3 Å². The molecule has 1 N–H and O–H groups in total. The number of hydrogen-bond donors (Lipinski definition) is 1. The average molecular weight is 461 g/mol. The van der Waals surface area contributed by atoms with Gasteiger partial charge in [-0.25, -0.2) is 0 Å². The molecule has 0 aromatic carbocycles. The van der Waals surface area contributed by atoms with E-state index in [1.54, 1.807) is 4.90 Å². The minimum atomic E-state index is -0.550. The number of aromatic nitrogens is 1. The molecule has 1 aliphatic rings. The standard InChI is InChI=1S/C16H14Cl2N4O4S2/c1-8(23)21-3-2-9(7-21)20-15(24)13-4-12(22(25)26)16(27-13)28-14-10(17)5-19-6-11(14)18/h4-6,9H,2-3,7H2,1H3,(H,20,24). The summed E-state index contributed by atoms with van der Waals surface area (Å²) in [6.07, 6.45) is 3.43. The monoisotopic (exact) mass is 460 g/mol. The van der Waals surface area contributed by atoms with E-state index >= 15 is 0 Å². The molecule has 1 atom stereocenters. The van der Waals surface area contributed by atoms with Crippen molar-refractivity contribution < 1.29 is 14.5 Å². The van der Waals surface area contributed by atoms with Crippen LogP contribution in [0.2, 0.25) is 10.0 Å². The van der Waals surface area contributed by atoms with Crippen LogP contribution in [-0.4, -0.2) is 45.8 Å². The van der Waals surface area contributed by atoms with Crippen molar-refractivity contribution in [1.82, 2.24) is 15.2 Å². The van der Waals surface area contributed by atoms with Gasteiger partial charge in [0.05, 0.1) is 19.9 Å². The number of carbonyl (C=O) groups excluding carboxylic acids is 2. The number of hydrogen-bond acceptors (Lipinski definition) is 7. The van der Waals surface area contributed by atoms with Crippen LogP contribution < -0.4 is 5.32 Å². The van der Waals surface area contributed by atoms with Crippen LogP contribution in [0.25, 0.3) is 0 Å². The zero-order chi connectivity index (χ0) is 20.4. The van der Waals surface area contributed by atoms with E-state index in [2.05, 4.69) is 10.3 Å². The van der Waals surface area contributed by atoms with Gasteiger partial charge in [-0.1, -0.05) is 35.0 Å². The largest absolute Gasteiger partial charge is 0.347 e. The minimum absolute atomic E-state index is 0.0479. The summed E-state index contributed by atoms with van der Waals surface area (Å²) in [4.78, 5) is 41.0. The van der Waals surface area contributed by atoms with Gasteiger partial charge in [-0.3, -0.25) is 24.7 Å². The predicted octanol–water partition coefficient (Wildman–Crippen LogP) is 3.86. The molecule has 0 radical (unpaired) electrons. The molecule has 12 heteroatoms. The second-order valence-corrected chi connectivity index (χ2v) is 9.14. The number of carbonyl (C=O) groups is 2. The molecule has 1 saturated heterocycles. The van der Waals surface area contributed by atoms with Crippen molar-refractivity contribution >= 4 is 63.8 Å². The molecule has 2 aromatic heterocycles. The Morgan fingerprint density at radius 2 is 2.07 bits per heavy atom. The van der Waals surface area contributed by atoms with Gasteiger partial charge in [0.25, 0.3) is 11.6 Å². The highest BCUT2D eigenvalue weighted by atomic mass is 35.5. The Morgan fingerprint density at radius 1 is 1.39 bits per heavy atom. The van der Waals surface area contributed by atoms with Crippen LogP contribution in [-0.2, 0) is 4.79 Å². The molecule has 2 aromatic rings. The summed E-state index contributed by atoms with van der Waals surface area (Å²) in [5.74, 6) is -0.462. The normalized spacial score (nSPS) is 16.2. The van der Waals surface area contributed by atoms with Gasteiger partial charge in [0.1, 0.15) is 9.09 Å². The van der Waals surface area contributed by atoms with Crippen molar-refractivity contribution in [2.24, 2.45) is 0 Å². The quantitative estimate of drug-likeness (QED) is 0.536.